The summed E-state index contributed by atoms with van der Waals surface area (Å²) in [5.41, 5.74) is 2.10. The van der Waals surface area contributed by atoms with Gasteiger partial charge in [0.1, 0.15) is 0 Å². The van der Waals surface area contributed by atoms with Crippen molar-refractivity contribution in [3.05, 3.63) is 30.0 Å². The van der Waals surface area contributed by atoms with Gasteiger partial charge in [-0.05, 0) is 52.8 Å². The molecule has 0 aliphatic carbocycles. The minimum absolute atomic E-state index is 0.124. The van der Waals surface area contributed by atoms with Crippen molar-refractivity contribution in [3.8, 4) is 5.88 Å². The summed E-state index contributed by atoms with van der Waals surface area (Å²) in [7, 11) is 0. The van der Waals surface area contributed by atoms with Crippen LogP contribution in [0.3, 0.4) is 0 Å². The number of ether oxygens (including phenoxy) is 1. The summed E-state index contributed by atoms with van der Waals surface area (Å²) >= 11 is 0. The lowest BCUT2D eigenvalue weighted by Crippen LogP contribution is -2.11. The third kappa shape index (κ3) is 3.16. The maximum absolute atomic E-state index is 5.83. The predicted octanol–water partition coefficient (Wildman–Crippen LogP) is 4.15. The third-order valence-corrected chi connectivity index (χ3v) is 2.76. The molecule has 19 heavy (non-hydrogen) atoms. The Bertz CT molecular complexity index is 576. The van der Waals surface area contributed by atoms with Gasteiger partial charge in [0.05, 0.1) is 6.10 Å². The van der Waals surface area contributed by atoms with Crippen LogP contribution in [0.4, 0.5) is 5.69 Å². The summed E-state index contributed by atoms with van der Waals surface area (Å²) in [5, 5.41) is 5.70. The van der Waals surface area contributed by atoms with Crippen molar-refractivity contribution in [2.75, 3.05) is 5.32 Å². The number of fused-ring (bicyclic) bond motifs is 1. The SMILES string of the molecule is Cc1cc2c(NC(C)C)cccc2c(OC(C)C)n1. The number of hydrogen-bond acceptors (Lipinski definition) is 3. The minimum Gasteiger partial charge on any atom is -0.474 e. The number of nitrogens with one attached hydrogen (secondary N) is 1. The van der Waals surface area contributed by atoms with E-state index >= 15 is 0 Å². The first kappa shape index (κ1) is 13.7. The topological polar surface area (TPSA) is 34.1 Å². The molecule has 0 aliphatic rings. The number of pyridine rings is 1. The Labute approximate surface area is 115 Å². The van der Waals surface area contributed by atoms with Crippen LogP contribution >= 0.6 is 0 Å². The molecule has 3 nitrogen and oxygen atoms in total. The fraction of sp³-hybridized carbons (Fsp3) is 0.438. The molecule has 0 atom stereocenters. The molecule has 0 saturated heterocycles. The first-order chi connectivity index (χ1) is 8.97. The zero-order valence-corrected chi connectivity index (χ0v) is 12.3. The molecule has 0 spiro atoms. The van der Waals surface area contributed by atoms with Gasteiger partial charge in [0.25, 0.3) is 0 Å². The summed E-state index contributed by atoms with van der Waals surface area (Å²) in [6.45, 7) is 10.3. The van der Waals surface area contributed by atoms with Gasteiger partial charge in [-0.15, -0.1) is 0 Å². The van der Waals surface area contributed by atoms with Crippen LogP contribution in [-0.4, -0.2) is 17.1 Å². The second-order valence-corrected chi connectivity index (χ2v) is 5.44. The molecule has 1 N–H and O–H groups in total. The number of anilines is 1. The zero-order chi connectivity index (χ0) is 14.0. The monoisotopic (exact) mass is 258 g/mol. The molecule has 102 valence electrons. The molecule has 1 aromatic carbocycles. The van der Waals surface area contributed by atoms with Crippen LogP contribution in [0.2, 0.25) is 0 Å². The average molecular weight is 258 g/mol. The minimum atomic E-state index is 0.124. The van der Waals surface area contributed by atoms with Crippen LogP contribution in [0.15, 0.2) is 24.3 Å². The highest BCUT2D eigenvalue weighted by Crippen LogP contribution is 2.31. The summed E-state index contributed by atoms with van der Waals surface area (Å²) in [6.07, 6.45) is 0.124. The zero-order valence-electron chi connectivity index (χ0n) is 12.3. The number of aryl methyl sites for hydroxylation is 1. The Hall–Kier alpha value is -1.77. The van der Waals surface area contributed by atoms with E-state index in [9.17, 15) is 0 Å². The Morgan fingerprint density at radius 2 is 1.84 bits per heavy atom. The van der Waals surface area contributed by atoms with E-state index in [-0.39, 0.29) is 6.10 Å². The fourth-order valence-corrected chi connectivity index (χ4v) is 2.12. The smallest absolute Gasteiger partial charge is 0.221 e. The van der Waals surface area contributed by atoms with Crippen molar-refractivity contribution in [2.24, 2.45) is 0 Å². The van der Waals surface area contributed by atoms with Crippen LogP contribution in [-0.2, 0) is 0 Å². The molecular formula is C16H22N2O. The van der Waals surface area contributed by atoms with Gasteiger partial charge in [0.15, 0.2) is 0 Å². The maximum atomic E-state index is 5.83. The molecule has 2 aromatic rings. The predicted molar refractivity (Wildman–Crippen MR) is 81.0 cm³/mol. The van der Waals surface area contributed by atoms with E-state index in [1.54, 1.807) is 0 Å². The van der Waals surface area contributed by atoms with E-state index in [1.165, 1.54) is 5.39 Å². The molecule has 0 bridgehead atoms. The lowest BCUT2D eigenvalue weighted by molar-refractivity contribution is 0.235. The first-order valence-electron chi connectivity index (χ1n) is 6.81. The molecule has 1 heterocycles. The Morgan fingerprint density at radius 1 is 1.11 bits per heavy atom. The molecule has 0 radical (unpaired) electrons. The Balaban J connectivity index is 2.59. The second kappa shape index (κ2) is 5.47. The molecule has 0 fully saturated rings. The van der Waals surface area contributed by atoms with Crippen molar-refractivity contribution >= 4 is 16.5 Å². The molecule has 0 amide bonds. The van der Waals surface area contributed by atoms with Gasteiger partial charge in [-0.3, -0.25) is 0 Å². The van der Waals surface area contributed by atoms with Crippen LogP contribution in [0.5, 0.6) is 5.88 Å². The summed E-state index contributed by atoms with van der Waals surface area (Å²) in [5.74, 6) is 0.720. The van der Waals surface area contributed by atoms with Gasteiger partial charge in [0, 0.05) is 28.2 Å². The molecular weight excluding hydrogens is 236 g/mol. The van der Waals surface area contributed by atoms with E-state index in [2.05, 4.69) is 42.3 Å². The maximum Gasteiger partial charge on any atom is 0.221 e. The summed E-state index contributed by atoms with van der Waals surface area (Å²) in [4.78, 5) is 4.51. The van der Waals surface area contributed by atoms with E-state index in [0.29, 0.717) is 6.04 Å². The lowest BCUT2D eigenvalue weighted by Gasteiger charge is -2.16. The average Bonchev–Trinajstić information content (AvgIpc) is 2.28. The normalized spacial score (nSPS) is 11.3. The quantitative estimate of drug-likeness (QED) is 0.894. The van der Waals surface area contributed by atoms with Crippen molar-refractivity contribution < 1.29 is 4.74 Å². The van der Waals surface area contributed by atoms with Gasteiger partial charge in [0.2, 0.25) is 5.88 Å². The number of nitrogens with zero attached hydrogens (tertiary/aromatic N) is 1. The molecule has 1 aromatic heterocycles. The van der Waals surface area contributed by atoms with Crippen molar-refractivity contribution in [1.82, 2.24) is 4.98 Å². The van der Waals surface area contributed by atoms with Crippen molar-refractivity contribution in [1.29, 1.82) is 0 Å². The number of hydrogen-bond donors (Lipinski definition) is 1. The fourth-order valence-electron chi connectivity index (χ4n) is 2.12. The number of rotatable bonds is 4. The van der Waals surface area contributed by atoms with Crippen LogP contribution in [0.25, 0.3) is 10.8 Å². The highest BCUT2D eigenvalue weighted by atomic mass is 16.5. The van der Waals surface area contributed by atoms with E-state index < -0.39 is 0 Å². The van der Waals surface area contributed by atoms with E-state index in [1.807, 2.05) is 26.8 Å². The van der Waals surface area contributed by atoms with Gasteiger partial charge in [-0.25, -0.2) is 4.98 Å². The number of benzene rings is 1. The van der Waals surface area contributed by atoms with E-state index in [0.717, 1.165) is 22.6 Å². The lowest BCUT2D eigenvalue weighted by atomic mass is 10.1. The van der Waals surface area contributed by atoms with Crippen molar-refractivity contribution in [3.63, 3.8) is 0 Å². The molecule has 0 aliphatic heterocycles. The largest absolute Gasteiger partial charge is 0.474 e. The molecule has 2 rings (SSSR count). The van der Waals surface area contributed by atoms with Gasteiger partial charge < -0.3 is 10.1 Å². The summed E-state index contributed by atoms with van der Waals surface area (Å²) < 4.78 is 5.83. The Kier molecular flexibility index (Phi) is 3.93. The molecule has 0 unspecified atom stereocenters. The number of aromatic nitrogens is 1. The van der Waals surface area contributed by atoms with Gasteiger partial charge >= 0.3 is 0 Å². The molecule has 0 saturated carbocycles. The van der Waals surface area contributed by atoms with Crippen LogP contribution in [0.1, 0.15) is 33.4 Å². The highest BCUT2D eigenvalue weighted by Gasteiger charge is 2.10. The first-order valence-corrected chi connectivity index (χ1v) is 6.81. The highest BCUT2D eigenvalue weighted by molar-refractivity contribution is 5.97. The van der Waals surface area contributed by atoms with E-state index in [4.69, 9.17) is 4.74 Å². The molecule has 3 heteroatoms. The third-order valence-electron chi connectivity index (χ3n) is 2.76. The summed E-state index contributed by atoms with van der Waals surface area (Å²) in [6, 6.07) is 8.70. The Morgan fingerprint density at radius 3 is 2.47 bits per heavy atom. The van der Waals surface area contributed by atoms with Crippen LogP contribution in [0, 0.1) is 6.92 Å². The van der Waals surface area contributed by atoms with Gasteiger partial charge in [-0.1, -0.05) is 6.07 Å². The van der Waals surface area contributed by atoms with Crippen LogP contribution < -0.4 is 10.1 Å². The second-order valence-electron chi connectivity index (χ2n) is 5.44. The standard InChI is InChI=1S/C16H22N2O/c1-10(2)17-15-8-6-7-13-14(15)9-12(5)18-16(13)19-11(3)4/h6-11,17H,1-5H3. The van der Waals surface area contributed by atoms with Gasteiger partial charge in [-0.2, -0.15) is 0 Å². The van der Waals surface area contributed by atoms with Crippen molar-refractivity contribution in [2.45, 2.75) is 46.8 Å².